The van der Waals surface area contributed by atoms with Crippen molar-refractivity contribution >= 4 is 17.0 Å². The Hall–Kier alpha value is -2.72. The fourth-order valence-corrected chi connectivity index (χ4v) is 3.10. The van der Waals surface area contributed by atoms with Gasteiger partial charge >= 0.3 is 0 Å². The summed E-state index contributed by atoms with van der Waals surface area (Å²) in [5.74, 6) is -0.303. The minimum atomic E-state index is -2.73. The molecule has 0 atom stereocenters. The van der Waals surface area contributed by atoms with Gasteiger partial charge in [-0.25, -0.2) is 18.7 Å². The number of hydrogen-bond acceptors (Lipinski definition) is 7. The van der Waals surface area contributed by atoms with Gasteiger partial charge in [-0.2, -0.15) is 4.80 Å². The summed E-state index contributed by atoms with van der Waals surface area (Å²) < 4.78 is 29.5. The summed E-state index contributed by atoms with van der Waals surface area (Å²) in [5.41, 5.74) is 0.462. The van der Waals surface area contributed by atoms with Crippen LogP contribution in [-0.4, -0.2) is 58.7 Å². The van der Waals surface area contributed by atoms with Gasteiger partial charge < -0.3 is 9.47 Å². The number of rotatable bonds is 3. The molecule has 0 aliphatic carbocycles. The van der Waals surface area contributed by atoms with Gasteiger partial charge in [0.15, 0.2) is 17.2 Å². The van der Waals surface area contributed by atoms with Crippen molar-refractivity contribution in [3.8, 4) is 0 Å². The molecule has 0 radical (unpaired) electrons. The van der Waals surface area contributed by atoms with Crippen LogP contribution in [0.1, 0.15) is 44.7 Å². The first-order valence-electron chi connectivity index (χ1n) is 9.14. The Morgan fingerprint density at radius 2 is 1.86 bits per heavy atom. The van der Waals surface area contributed by atoms with Crippen LogP contribution in [0.25, 0.3) is 11.2 Å². The van der Waals surface area contributed by atoms with Gasteiger partial charge in [-0.15, -0.1) is 20.4 Å². The van der Waals surface area contributed by atoms with E-state index < -0.39 is 5.92 Å². The van der Waals surface area contributed by atoms with Crippen LogP contribution in [0.5, 0.6) is 0 Å². The molecule has 150 valence electrons. The van der Waals surface area contributed by atoms with Crippen molar-refractivity contribution in [1.29, 1.82) is 0 Å². The fraction of sp³-hybridized carbons (Fsp3) is 0.647. The van der Waals surface area contributed by atoms with Gasteiger partial charge in [0.2, 0.25) is 5.65 Å². The van der Waals surface area contributed by atoms with Crippen molar-refractivity contribution in [3.63, 3.8) is 0 Å². The molecule has 1 aliphatic rings. The molecule has 0 saturated carbocycles. The van der Waals surface area contributed by atoms with Crippen LogP contribution in [0.4, 0.5) is 14.6 Å². The summed E-state index contributed by atoms with van der Waals surface area (Å²) in [7, 11) is 1.86. The molecule has 0 bridgehead atoms. The summed E-state index contributed by atoms with van der Waals surface area (Å²) >= 11 is 0. The molecule has 0 aromatic carbocycles. The van der Waals surface area contributed by atoms with E-state index in [1.54, 1.807) is 4.90 Å². The highest BCUT2D eigenvalue weighted by atomic mass is 19.3. The third-order valence-corrected chi connectivity index (χ3v) is 4.88. The van der Waals surface area contributed by atoms with Crippen molar-refractivity contribution < 1.29 is 8.78 Å². The number of fused-ring (bicyclic) bond motifs is 1. The Morgan fingerprint density at radius 1 is 1.11 bits per heavy atom. The van der Waals surface area contributed by atoms with E-state index in [2.05, 4.69) is 30.4 Å². The third-order valence-electron chi connectivity index (χ3n) is 4.88. The fourth-order valence-electron chi connectivity index (χ4n) is 3.10. The zero-order valence-electron chi connectivity index (χ0n) is 16.6. The van der Waals surface area contributed by atoms with Gasteiger partial charge in [0.1, 0.15) is 18.2 Å². The smallest absolute Gasteiger partial charge is 0.266 e. The van der Waals surface area contributed by atoms with Gasteiger partial charge in [0, 0.05) is 25.4 Å². The number of aromatic nitrogens is 8. The number of anilines is 1. The van der Waals surface area contributed by atoms with Gasteiger partial charge in [-0.3, -0.25) is 0 Å². The molecular weight excluding hydrogens is 368 g/mol. The molecule has 3 aromatic rings. The minimum absolute atomic E-state index is 0.199. The molecule has 0 N–H and O–H groups in total. The lowest BCUT2D eigenvalue weighted by Gasteiger charge is -2.21. The molecule has 0 unspecified atom stereocenters. The molecule has 1 saturated heterocycles. The first-order chi connectivity index (χ1) is 13.0. The Morgan fingerprint density at radius 3 is 2.43 bits per heavy atom. The Labute approximate surface area is 160 Å². The molecule has 3 aromatic heterocycles. The van der Waals surface area contributed by atoms with E-state index in [1.165, 1.54) is 4.80 Å². The van der Waals surface area contributed by atoms with Crippen molar-refractivity contribution in [1.82, 2.24) is 39.7 Å². The maximum atomic E-state index is 13.8. The quantitative estimate of drug-likeness (QED) is 0.673. The van der Waals surface area contributed by atoms with E-state index in [-0.39, 0.29) is 24.9 Å². The number of alkyl halides is 2. The largest absolute Gasteiger partial charge is 0.348 e. The zero-order chi connectivity index (χ0) is 20.3. The van der Waals surface area contributed by atoms with Gasteiger partial charge in [0.05, 0.1) is 6.54 Å². The summed E-state index contributed by atoms with van der Waals surface area (Å²) in [6.07, 6.45) is -0.199. The average molecular weight is 391 g/mol. The average Bonchev–Trinajstić information content (AvgIpc) is 3.26. The first-order valence-corrected chi connectivity index (χ1v) is 9.14. The molecule has 0 amide bonds. The van der Waals surface area contributed by atoms with Crippen molar-refractivity contribution in [3.05, 3.63) is 17.5 Å². The van der Waals surface area contributed by atoms with Crippen molar-refractivity contribution in [2.75, 3.05) is 18.0 Å². The lowest BCUT2D eigenvalue weighted by atomic mass is 9.96. The molecule has 28 heavy (non-hydrogen) atoms. The van der Waals surface area contributed by atoms with Crippen molar-refractivity contribution in [2.45, 2.75) is 52.0 Å². The van der Waals surface area contributed by atoms with E-state index in [4.69, 9.17) is 0 Å². The Kier molecular flexibility index (Phi) is 4.09. The molecule has 11 heteroatoms. The third kappa shape index (κ3) is 3.29. The predicted octanol–water partition coefficient (Wildman–Crippen LogP) is 1.85. The van der Waals surface area contributed by atoms with Crippen LogP contribution < -0.4 is 4.90 Å². The summed E-state index contributed by atoms with van der Waals surface area (Å²) in [5, 5.41) is 17.1. The highest BCUT2D eigenvalue weighted by Gasteiger charge is 2.40. The maximum absolute atomic E-state index is 13.8. The lowest BCUT2D eigenvalue weighted by molar-refractivity contribution is 0.0257. The van der Waals surface area contributed by atoms with Crippen molar-refractivity contribution in [2.24, 2.45) is 7.05 Å². The second-order valence-corrected chi connectivity index (χ2v) is 8.27. The van der Waals surface area contributed by atoms with Crippen LogP contribution in [0, 0.1) is 6.92 Å². The molecule has 4 rings (SSSR count). The normalized spacial score (nSPS) is 17.0. The molecule has 1 aliphatic heterocycles. The lowest BCUT2D eigenvalue weighted by Crippen LogP contribution is -2.27. The number of aryl methyl sites for hydroxylation is 1. The second kappa shape index (κ2) is 6.14. The highest BCUT2D eigenvalue weighted by Crippen LogP contribution is 2.33. The minimum Gasteiger partial charge on any atom is -0.348 e. The van der Waals surface area contributed by atoms with Crippen LogP contribution in [-0.2, 0) is 19.0 Å². The summed E-state index contributed by atoms with van der Waals surface area (Å²) in [4.78, 5) is 12.2. The Balaban J connectivity index is 1.79. The standard InChI is InChI=1S/C17H23F2N9/c1-10-22-23-11(26(10)5)8-28-24-12-13(25-28)20-15(16(2,3)4)21-14(12)27-7-6-17(18,19)9-27/h6-9H2,1-5H3. The topological polar surface area (TPSA) is 90.4 Å². The van der Waals surface area contributed by atoms with Crippen LogP contribution in [0.2, 0.25) is 0 Å². The van der Waals surface area contributed by atoms with E-state index in [0.717, 1.165) is 5.82 Å². The van der Waals surface area contributed by atoms with Crippen LogP contribution >= 0.6 is 0 Å². The van der Waals surface area contributed by atoms with E-state index in [1.807, 2.05) is 39.3 Å². The van der Waals surface area contributed by atoms with Gasteiger partial charge in [-0.05, 0) is 6.92 Å². The number of halogens is 2. The predicted molar refractivity (Wildman–Crippen MR) is 98.4 cm³/mol. The number of nitrogens with zero attached hydrogens (tertiary/aromatic N) is 9. The molecule has 0 spiro atoms. The van der Waals surface area contributed by atoms with Crippen LogP contribution in [0.15, 0.2) is 0 Å². The first kappa shape index (κ1) is 18.6. The Bertz CT molecular complexity index is 1030. The van der Waals surface area contributed by atoms with Crippen LogP contribution in [0.3, 0.4) is 0 Å². The molecule has 1 fully saturated rings. The van der Waals surface area contributed by atoms with Gasteiger partial charge in [0.25, 0.3) is 5.92 Å². The zero-order valence-corrected chi connectivity index (χ0v) is 16.6. The SMILES string of the molecule is Cc1nnc(Cn2nc3nc(C(C)(C)C)nc(N4CCC(F)(F)C4)c3n2)n1C. The summed E-state index contributed by atoms with van der Waals surface area (Å²) in [6, 6.07) is 0. The molecular formula is C17H23F2N9. The maximum Gasteiger partial charge on any atom is 0.266 e. The second-order valence-electron chi connectivity index (χ2n) is 8.27. The van der Waals surface area contributed by atoms with E-state index in [0.29, 0.717) is 35.2 Å². The van der Waals surface area contributed by atoms with Gasteiger partial charge in [-0.1, -0.05) is 20.8 Å². The van der Waals surface area contributed by atoms with E-state index in [9.17, 15) is 8.78 Å². The molecule has 4 heterocycles. The molecule has 9 nitrogen and oxygen atoms in total. The number of hydrogen-bond donors (Lipinski definition) is 0. The highest BCUT2D eigenvalue weighted by molar-refractivity contribution is 5.82. The monoisotopic (exact) mass is 391 g/mol. The van der Waals surface area contributed by atoms with E-state index >= 15 is 0 Å². The summed E-state index contributed by atoms with van der Waals surface area (Å²) in [6.45, 7) is 7.93.